The van der Waals surface area contributed by atoms with Crippen molar-refractivity contribution in [2.75, 3.05) is 19.9 Å². The van der Waals surface area contributed by atoms with Crippen LogP contribution in [0.15, 0.2) is 12.2 Å². The summed E-state index contributed by atoms with van der Waals surface area (Å²) in [5, 5.41) is 3.27. The summed E-state index contributed by atoms with van der Waals surface area (Å²) in [6.07, 6.45) is 4.08. The number of likely N-dealkylation sites (tertiary alicyclic amines) is 1. The molecule has 5 nitrogen and oxygen atoms in total. The molecule has 2 unspecified atom stereocenters. The van der Waals surface area contributed by atoms with E-state index in [1.165, 1.54) is 4.90 Å². The Morgan fingerprint density at radius 2 is 2.12 bits per heavy atom. The topological polar surface area (TPSA) is 58.6 Å². The Bertz CT molecular complexity index is 492. The van der Waals surface area contributed by atoms with Gasteiger partial charge in [0.2, 0.25) is 11.8 Å². The minimum Gasteiger partial charge on any atom is -0.361 e. The van der Waals surface area contributed by atoms with E-state index in [0.29, 0.717) is 30.8 Å². The normalized spacial score (nSPS) is 19.7. The summed E-state index contributed by atoms with van der Waals surface area (Å²) >= 11 is 3.55. The fourth-order valence-corrected chi connectivity index (χ4v) is 3.77. The van der Waals surface area contributed by atoms with E-state index in [-0.39, 0.29) is 24.6 Å². The van der Waals surface area contributed by atoms with Crippen molar-refractivity contribution in [3.05, 3.63) is 12.2 Å². The molecular weight excluding hydrogens is 412 g/mol. The summed E-state index contributed by atoms with van der Waals surface area (Å²) in [4.78, 5) is 26.4. The summed E-state index contributed by atoms with van der Waals surface area (Å²) in [5.74, 6) is -0.303. The monoisotopic (exact) mass is 446 g/mol. The number of piperidine rings is 1. The number of rotatable bonds is 12. The standard InChI is InChI=1S/C19H35BrN2O3Si/c1-15(7-6-8-16(2)20)13-21-17-9-10-18(23)22(19(17)24)14-25-11-12-26(3,4)5/h16-17,21H,1,6-14H2,2-5H3. The first-order valence-corrected chi connectivity index (χ1v) is 14.2. The van der Waals surface area contributed by atoms with Gasteiger partial charge in [-0.2, -0.15) is 0 Å². The van der Waals surface area contributed by atoms with Crippen molar-refractivity contribution in [2.45, 2.75) is 75.6 Å². The maximum Gasteiger partial charge on any atom is 0.248 e. The number of ether oxygens (including phenoxy) is 1. The molecule has 26 heavy (non-hydrogen) atoms. The second kappa shape index (κ2) is 11.4. The molecule has 0 saturated carbocycles. The van der Waals surface area contributed by atoms with Crippen molar-refractivity contribution in [3.8, 4) is 0 Å². The Kier molecular flexibility index (Phi) is 10.3. The molecule has 1 saturated heterocycles. The van der Waals surface area contributed by atoms with Crippen LogP contribution in [0.5, 0.6) is 0 Å². The highest BCUT2D eigenvalue weighted by Crippen LogP contribution is 2.16. The van der Waals surface area contributed by atoms with Crippen LogP contribution in [0.1, 0.15) is 39.0 Å². The van der Waals surface area contributed by atoms with Crippen LogP contribution in [-0.2, 0) is 14.3 Å². The highest BCUT2D eigenvalue weighted by molar-refractivity contribution is 9.09. The summed E-state index contributed by atoms with van der Waals surface area (Å²) in [5.41, 5.74) is 1.10. The molecule has 0 spiro atoms. The van der Waals surface area contributed by atoms with Gasteiger partial charge in [-0.15, -0.1) is 0 Å². The average molecular weight is 447 g/mol. The van der Waals surface area contributed by atoms with Crippen molar-refractivity contribution in [1.29, 1.82) is 0 Å². The van der Waals surface area contributed by atoms with Gasteiger partial charge in [0.15, 0.2) is 0 Å². The third-order valence-electron chi connectivity index (χ3n) is 4.46. The Hall–Kier alpha value is -0.503. The molecule has 0 aromatic heterocycles. The van der Waals surface area contributed by atoms with Gasteiger partial charge in [0.05, 0.1) is 6.04 Å². The molecule has 1 rings (SSSR count). The predicted octanol–water partition coefficient (Wildman–Crippen LogP) is 3.92. The van der Waals surface area contributed by atoms with Crippen LogP contribution >= 0.6 is 15.9 Å². The number of halogens is 1. The molecule has 1 N–H and O–H groups in total. The molecule has 1 fully saturated rings. The zero-order valence-electron chi connectivity index (χ0n) is 16.8. The molecule has 0 radical (unpaired) electrons. The first kappa shape index (κ1) is 23.5. The fraction of sp³-hybridized carbons (Fsp3) is 0.789. The lowest BCUT2D eigenvalue weighted by molar-refractivity contribution is -0.156. The number of hydrogen-bond acceptors (Lipinski definition) is 4. The molecule has 0 bridgehead atoms. The van der Waals surface area contributed by atoms with Gasteiger partial charge in [-0.3, -0.25) is 14.5 Å². The Morgan fingerprint density at radius 3 is 2.73 bits per heavy atom. The van der Waals surface area contributed by atoms with Gasteiger partial charge in [0.25, 0.3) is 0 Å². The molecule has 7 heteroatoms. The van der Waals surface area contributed by atoms with Crippen molar-refractivity contribution >= 4 is 35.8 Å². The van der Waals surface area contributed by atoms with E-state index in [1.54, 1.807) is 0 Å². The number of hydrogen-bond donors (Lipinski definition) is 1. The third-order valence-corrected chi connectivity index (χ3v) is 6.62. The van der Waals surface area contributed by atoms with Crippen molar-refractivity contribution in [1.82, 2.24) is 10.2 Å². The van der Waals surface area contributed by atoms with Gasteiger partial charge in [-0.25, -0.2) is 0 Å². The molecule has 0 aromatic carbocycles. The van der Waals surface area contributed by atoms with Crippen LogP contribution in [0.2, 0.25) is 25.7 Å². The van der Waals surface area contributed by atoms with Crippen LogP contribution in [0, 0.1) is 0 Å². The number of carbonyl (C=O) groups excluding carboxylic acids is 2. The molecule has 0 aliphatic carbocycles. The minimum absolute atomic E-state index is 0.0738. The lowest BCUT2D eigenvalue weighted by Crippen LogP contribution is -2.54. The zero-order valence-corrected chi connectivity index (χ0v) is 19.4. The molecule has 1 heterocycles. The smallest absolute Gasteiger partial charge is 0.248 e. The van der Waals surface area contributed by atoms with Gasteiger partial charge in [0, 0.05) is 32.5 Å². The number of alkyl halides is 1. The fourth-order valence-electron chi connectivity index (χ4n) is 2.69. The maximum atomic E-state index is 12.6. The molecule has 1 aliphatic rings. The molecule has 2 amide bonds. The Balaban J connectivity index is 2.38. The lowest BCUT2D eigenvalue weighted by atomic mass is 10.0. The SMILES string of the molecule is C=C(CCCC(C)Br)CNC1CCC(=O)N(COCC[Si](C)(C)C)C1=O. The van der Waals surface area contributed by atoms with E-state index in [4.69, 9.17) is 4.74 Å². The first-order chi connectivity index (χ1) is 12.1. The summed E-state index contributed by atoms with van der Waals surface area (Å²) < 4.78 is 5.61. The van der Waals surface area contributed by atoms with E-state index in [9.17, 15) is 9.59 Å². The number of carbonyl (C=O) groups is 2. The second-order valence-corrected chi connectivity index (χ2v) is 15.6. The van der Waals surface area contributed by atoms with Crippen molar-refractivity contribution < 1.29 is 14.3 Å². The van der Waals surface area contributed by atoms with Crippen LogP contribution in [0.25, 0.3) is 0 Å². The number of nitrogens with zero attached hydrogens (tertiary/aromatic N) is 1. The zero-order chi connectivity index (χ0) is 19.7. The highest BCUT2D eigenvalue weighted by Gasteiger charge is 2.34. The first-order valence-electron chi connectivity index (χ1n) is 9.56. The van der Waals surface area contributed by atoms with E-state index in [2.05, 4.69) is 54.4 Å². The second-order valence-electron chi connectivity index (χ2n) is 8.40. The van der Waals surface area contributed by atoms with E-state index >= 15 is 0 Å². The highest BCUT2D eigenvalue weighted by atomic mass is 79.9. The van der Waals surface area contributed by atoms with Crippen LogP contribution in [-0.4, -0.2) is 55.5 Å². The number of nitrogens with one attached hydrogen (secondary N) is 1. The largest absolute Gasteiger partial charge is 0.361 e. The van der Waals surface area contributed by atoms with Gasteiger partial charge in [-0.05, 0) is 31.7 Å². The summed E-state index contributed by atoms with van der Waals surface area (Å²) in [6, 6.07) is 0.706. The van der Waals surface area contributed by atoms with Gasteiger partial charge in [-0.1, -0.05) is 54.6 Å². The quantitative estimate of drug-likeness (QED) is 0.162. The van der Waals surface area contributed by atoms with Gasteiger partial charge >= 0.3 is 0 Å². The van der Waals surface area contributed by atoms with Gasteiger partial charge < -0.3 is 10.1 Å². The molecule has 150 valence electrons. The number of imide groups is 1. The Labute approximate surface area is 168 Å². The number of amides is 2. The molecular formula is C19H35BrN2O3Si. The Morgan fingerprint density at radius 1 is 1.42 bits per heavy atom. The van der Waals surface area contributed by atoms with Crippen LogP contribution in [0.3, 0.4) is 0 Å². The summed E-state index contributed by atoms with van der Waals surface area (Å²) in [7, 11) is -1.17. The molecule has 0 aromatic rings. The van der Waals surface area contributed by atoms with Crippen molar-refractivity contribution in [3.63, 3.8) is 0 Å². The lowest BCUT2D eigenvalue weighted by Gasteiger charge is -2.31. The average Bonchev–Trinajstić information content (AvgIpc) is 2.52. The van der Waals surface area contributed by atoms with Crippen LogP contribution in [0.4, 0.5) is 0 Å². The van der Waals surface area contributed by atoms with Crippen LogP contribution < -0.4 is 5.32 Å². The maximum absolute atomic E-state index is 12.6. The van der Waals surface area contributed by atoms with E-state index in [1.807, 2.05) is 0 Å². The summed E-state index contributed by atoms with van der Waals surface area (Å²) in [6.45, 7) is 14.4. The third kappa shape index (κ3) is 9.44. The predicted molar refractivity (Wildman–Crippen MR) is 113 cm³/mol. The van der Waals surface area contributed by atoms with E-state index < -0.39 is 8.07 Å². The van der Waals surface area contributed by atoms with E-state index in [0.717, 1.165) is 30.9 Å². The minimum atomic E-state index is -1.17. The van der Waals surface area contributed by atoms with Gasteiger partial charge in [0.1, 0.15) is 6.73 Å². The molecule has 2 atom stereocenters. The van der Waals surface area contributed by atoms with Crippen molar-refractivity contribution in [2.24, 2.45) is 0 Å². The molecule has 1 aliphatic heterocycles.